The fraction of sp³-hybridized carbons (Fsp3) is 0.368. The molecule has 0 unspecified atom stereocenters. The van der Waals surface area contributed by atoms with Crippen molar-refractivity contribution in [3.05, 3.63) is 58.9 Å². The van der Waals surface area contributed by atoms with Crippen LogP contribution in [0.4, 0.5) is 0 Å². The topological polar surface area (TPSA) is 45.7 Å². The highest BCUT2D eigenvalue weighted by Gasteiger charge is 2.22. The van der Waals surface area contributed by atoms with Gasteiger partial charge >= 0.3 is 0 Å². The maximum atomic E-state index is 12.5. The quantitative estimate of drug-likeness (QED) is 0.823. The number of amides is 1. The van der Waals surface area contributed by atoms with E-state index in [0.717, 1.165) is 38.4 Å². The van der Waals surface area contributed by atoms with Crippen LogP contribution in [-0.4, -0.2) is 60.0 Å². The number of ether oxygens (including phenoxy) is 1. The SMILES string of the molecule is Cc1ccc(C(=O)N2CCN(CCOc3ccccc3Cl)CC2)cn1. The molecule has 1 saturated heterocycles. The number of para-hydroxylation sites is 1. The minimum Gasteiger partial charge on any atom is -0.491 e. The zero-order chi connectivity index (χ0) is 17.6. The summed E-state index contributed by atoms with van der Waals surface area (Å²) in [6.45, 7) is 6.45. The van der Waals surface area contributed by atoms with Crippen LogP contribution in [0.1, 0.15) is 16.1 Å². The normalized spacial score (nSPS) is 15.2. The van der Waals surface area contributed by atoms with E-state index in [4.69, 9.17) is 16.3 Å². The van der Waals surface area contributed by atoms with E-state index < -0.39 is 0 Å². The third-order valence-electron chi connectivity index (χ3n) is 4.32. The van der Waals surface area contributed by atoms with Gasteiger partial charge in [0.15, 0.2) is 0 Å². The van der Waals surface area contributed by atoms with E-state index in [-0.39, 0.29) is 5.91 Å². The molecule has 0 atom stereocenters. The first-order valence-corrected chi connectivity index (χ1v) is 8.83. The number of hydrogen-bond acceptors (Lipinski definition) is 4. The molecule has 0 radical (unpaired) electrons. The molecule has 1 aromatic heterocycles. The lowest BCUT2D eigenvalue weighted by atomic mass is 10.2. The number of carbonyl (C=O) groups excluding carboxylic acids is 1. The minimum absolute atomic E-state index is 0.0551. The molecule has 0 spiro atoms. The molecule has 0 bridgehead atoms. The monoisotopic (exact) mass is 359 g/mol. The van der Waals surface area contributed by atoms with Crippen molar-refractivity contribution in [2.75, 3.05) is 39.3 Å². The summed E-state index contributed by atoms with van der Waals surface area (Å²) < 4.78 is 5.73. The molecule has 2 aromatic rings. The Labute approximate surface area is 153 Å². The van der Waals surface area contributed by atoms with Crippen molar-refractivity contribution >= 4 is 17.5 Å². The zero-order valence-electron chi connectivity index (χ0n) is 14.3. The van der Waals surface area contributed by atoms with E-state index in [2.05, 4.69) is 9.88 Å². The average Bonchev–Trinajstić information content (AvgIpc) is 2.64. The van der Waals surface area contributed by atoms with Crippen molar-refractivity contribution < 1.29 is 9.53 Å². The summed E-state index contributed by atoms with van der Waals surface area (Å²) in [6.07, 6.45) is 1.65. The van der Waals surface area contributed by atoms with Gasteiger partial charge in [-0.25, -0.2) is 0 Å². The van der Waals surface area contributed by atoms with Crippen LogP contribution in [0.3, 0.4) is 0 Å². The van der Waals surface area contributed by atoms with Crippen molar-refractivity contribution in [1.29, 1.82) is 0 Å². The fourth-order valence-electron chi connectivity index (χ4n) is 2.80. The molecule has 1 amide bonds. The van der Waals surface area contributed by atoms with Crippen molar-refractivity contribution in [2.45, 2.75) is 6.92 Å². The zero-order valence-corrected chi connectivity index (χ0v) is 15.1. The Morgan fingerprint density at radius 1 is 1.16 bits per heavy atom. The van der Waals surface area contributed by atoms with Crippen LogP contribution in [0, 0.1) is 6.92 Å². The second kappa shape index (κ2) is 8.32. The summed E-state index contributed by atoms with van der Waals surface area (Å²) in [5, 5.41) is 0.629. The Kier molecular flexibility index (Phi) is 5.89. The predicted molar refractivity (Wildman–Crippen MR) is 98.3 cm³/mol. The van der Waals surface area contributed by atoms with Crippen LogP contribution in [-0.2, 0) is 0 Å². The molecule has 1 aliphatic rings. The molecule has 1 aromatic carbocycles. The number of halogens is 1. The lowest BCUT2D eigenvalue weighted by Gasteiger charge is -2.34. The van der Waals surface area contributed by atoms with Crippen molar-refractivity contribution in [3.8, 4) is 5.75 Å². The molecule has 3 rings (SSSR count). The van der Waals surface area contributed by atoms with E-state index in [1.54, 1.807) is 6.20 Å². The smallest absolute Gasteiger partial charge is 0.255 e. The van der Waals surface area contributed by atoms with Gasteiger partial charge in [0.2, 0.25) is 0 Å². The largest absolute Gasteiger partial charge is 0.491 e. The fourth-order valence-corrected chi connectivity index (χ4v) is 2.99. The summed E-state index contributed by atoms with van der Waals surface area (Å²) >= 11 is 6.08. The Hall–Kier alpha value is -2.11. The number of rotatable bonds is 5. The Balaban J connectivity index is 1.43. The second-order valence-electron chi connectivity index (χ2n) is 6.10. The maximum absolute atomic E-state index is 12.5. The highest BCUT2D eigenvalue weighted by Crippen LogP contribution is 2.22. The molecule has 0 saturated carbocycles. The molecule has 25 heavy (non-hydrogen) atoms. The van der Waals surface area contributed by atoms with Crippen molar-refractivity contribution in [1.82, 2.24) is 14.8 Å². The van der Waals surface area contributed by atoms with E-state index >= 15 is 0 Å². The summed E-state index contributed by atoms with van der Waals surface area (Å²) in [7, 11) is 0. The van der Waals surface area contributed by atoms with Crippen LogP contribution in [0.5, 0.6) is 5.75 Å². The molecule has 132 valence electrons. The first kappa shape index (κ1) is 17.7. The van der Waals surface area contributed by atoms with E-state index in [1.165, 1.54) is 0 Å². The number of carbonyl (C=O) groups is 1. The van der Waals surface area contributed by atoms with Gasteiger partial charge in [-0.1, -0.05) is 23.7 Å². The molecule has 0 N–H and O–H groups in total. The number of pyridine rings is 1. The standard InChI is InChI=1S/C19H22ClN3O2/c1-15-6-7-16(14-21-15)19(24)23-10-8-22(9-11-23)12-13-25-18-5-3-2-4-17(18)20/h2-7,14H,8-13H2,1H3. The average molecular weight is 360 g/mol. The van der Waals surface area contributed by atoms with Gasteiger partial charge in [0, 0.05) is 44.6 Å². The number of piperazine rings is 1. The van der Waals surface area contributed by atoms with Crippen molar-refractivity contribution in [2.24, 2.45) is 0 Å². The number of nitrogens with zero attached hydrogens (tertiary/aromatic N) is 3. The predicted octanol–water partition coefficient (Wildman–Crippen LogP) is 2.88. The lowest BCUT2D eigenvalue weighted by Crippen LogP contribution is -2.49. The summed E-state index contributed by atoms with van der Waals surface area (Å²) in [6, 6.07) is 11.2. The molecule has 1 fully saturated rings. The molecule has 2 heterocycles. The molecule has 1 aliphatic heterocycles. The summed E-state index contributed by atoms with van der Waals surface area (Å²) in [4.78, 5) is 20.9. The van der Waals surface area contributed by atoms with Crippen LogP contribution < -0.4 is 4.74 Å². The summed E-state index contributed by atoms with van der Waals surface area (Å²) in [5.74, 6) is 0.768. The van der Waals surface area contributed by atoms with E-state index in [9.17, 15) is 4.79 Å². The first-order valence-electron chi connectivity index (χ1n) is 8.45. The van der Waals surface area contributed by atoms with Gasteiger partial charge < -0.3 is 9.64 Å². The molecular weight excluding hydrogens is 338 g/mol. The highest BCUT2D eigenvalue weighted by atomic mass is 35.5. The van der Waals surface area contributed by atoms with Gasteiger partial charge in [0.05, 0.1) is 10.6 Å². The van der Waals surface area contributed by atoms with Gasteiger partial charge in [0.1, 0.15) is 12.4 Å². The molecule has 5 nitrogen and oxygen atoms in total. The maximum Gasteiger partial charge on any atom is 0.255 e. The molecule has 0 aliphatic carbocycles. The van der Waals surface area contributed by atoms with Gasteiger partial charge in [-0.15, -0.1) is 0 Å². The third-order valence-corrected chi connectivity index (χ3v) is 4.63. The minimum atomic E-state index is 0.0551. The van der Waals surface area contributed by atoms with Gasteiger partial charge in [-0.3, -0.25) is 14.7 Å². The molecule has 6 heteroatoms. The van der Waals surface area contributed by atoms with Crippen LogP contribution in [0.2, 0.25) is 5.02 Å². The van der Waals surface area contributed by atoms with Gasteiger partial charge in [0.25, 0.3) is 5.91 Å². The van der Waals surface area contributed by atoms with Gasteiger partial charge in [-0.2, -0.15) is 0 Å². The Morgan fingerprint density at radius 3 is 2.60 bits per heavy atom. The Bertz CT molecular complexity index is 713. The summed E-state index contributed by atoms with van der Waals surface area (Å²) in [5.41, 5.74) is 1.57. The second-order valence-corrected chi connectivity index (χ2v) is 6.51. The molecular formula is C19H22ClN3O2. The number of benzene rings is 1. The lowest BCUT2D eigenvalue weighted by molar-refractivity contribution is 0.0620. The van der Waals surface area contributed by atoms with Gasteiger partial charge in [-0.05, 0) is 31.2 Å². The number of hydrogen-bond donors (Lipinski definition) is 0. The highest BCUT2D eigenvalue weighted by molar-refractivity contribution is 6.32. The van der Waals surface area contributed by atoms with Crippen LogP contribution in [0.25, 0.3) is 0 Å². The van der Waals surface area contributed by atoms with Crippen LogP contribution in [0.15, 0.2) is 42.6 Å². The third kappa shape index (κ3) is 4.71. The Morgan fingerprint density at radius 2 is 1.92 bits per heavy atom. The van der Waals surface area contributed by atoms with Crippen LogP contribution >= 0.6 is 11.6 Å². The van der Waals surface area contributed by atoms with E-state index in [0.29, 0.717) is 22.9 Å². The first-order chi connectivity index (χ1) is 12.1. The van der Waals surface area contributed by atoms with Crippen molar-refractivity contribution in [3.63, 3.8) is 0 Å². The number of aryl methyl sites for hydroxylation is 1. The van der Waals surface area contributed by atoms with E-state index in [1.807, 2.05) is 48.2 Å². The number of aromatic nitrogens is 1.